The Bertz CT molecular complexity index is 2220. The number of aromatic nitrogens is 3. The van der Waals surface area contributed by atoms with Crippen LogP contribution in [0.1, 0.15) is 64.2 Å². The Balaban J connectivity index is 0.768. The summed E-state index contributed by atoms with van der Waals surface area (Å²) in [6.07, 6.45) is 10.6. The van der Waals surface area contributed by atoms with Crippen LogP contribution in [0.15, 0.2) is 77.9 Å². The van der Waals surface area contributed by atoms with Crippen LogP contribution in [0.25, 0.3) is 16.9 Å². The summed E-state index contributed by atoms with van der Waals surface area (Å²) in [5.41, 5.74) is 2.15. The molecule has 15 heteroatoms. The zero-order valence-electron chi connectivity index (χ0n) is 33.0. The van der Waals surface area contributed by atoms with Crippen LogP contribution in [0.5, 0.6) is 0 Å². The average Bonchev–Trinajstić information content (AvgIpc) is 3.25. The number of carbonyl (C=O) groups excluding carboxylic acids is 3. The minimum atomic E-state index is -0.566. The molecule has 3 amide bonds. The van der Waals surface area contributed by atoms with Crippen LogP contribution < -0.4 is 31.7 Å². The number of benzene rings is 2. The first kappa shape index (κ1) is 40.1. The van der Waals surface area contributed by atoms with Crippen LogP contribution in [-0.4, -0.2) is 88.0 Å². The molecule has 59 heavy (non-hydrogen) atoms. The van der Waals surface area contributed by atoms with Gasteiger partial charge in [0, 0.05) is 73.3 Å². The van der Waals surface area contributed by atoms with Gasteiger partial charge in [-0.05, 0) is 107 Å². The highest BCUT2D eigenvalue weighted by Gasteiger charge is 2.32. The van der Waals surface area contributed by atoms with Crippen LogP contribution >= 0.6 is 0 Å². The molecule has 2 aromatic heterocycles. The Hall–Kier alpha value is -5.70. The second kappa shape index (κ2) is 18.1. The first-order valence-corrected chi connectivity index (χ1v) is 20.9. The van der Waals surface area contributed by atoms with E-state index >= 15 is 8.78 Å². The number of piperidine rings is 3. The third kappa shape index (κ3) is 9.62. The molecule has 8 rings (SSSR count). The number of halogens is 2. The normalized spacial score (nSPS) is 22.1. The van der Waals surface area contributed by atoms with Crippen LogP contribution in [0.3, 0.4) is 0 Å². The van der Waals surface area contributed by atoms with Crippen molar-refractivity contribution in [2.75, 3.05) is 48.3 Å². The fraction of sp³-hybridized carbons (Fsp3) is 0.455. The Labute approximate surface area is 342 Å². The van der Waals surface area contributed by atoms with E-state index in [2.05, 4.69) is 41.0 Å². The van der Waals surface area contributed by atoms with E-state index in [1.54, 1.807) is 54.7 Å². The maximum absolute atomic E-state index is 15.2. The maximum Gasteiger partial charge on any atom is 0.255 e. The molecular weight excluding hydrogens is 757 g/mol. The standard InChI is InChI=1S/C44H51F2N9O4/c45-35-25-32(49-37-11-13-39(56)51-43(37)59)10-12-38(35)54-21-16-33(17-22-54)53-19-14-28(15-20-53)26-47-42(58)30-6-3-7-31(23-30)50-44-48-27-36(46)41(52-44)29-5-4-8-34(24-29)55-18-2-1-9-40(55)57/h1-2,4-5,8-10,12,18,24-25,27-28,30-31,33,37,49H,3,6-7,11,13-17,19-23,26H2,(H,47,58)(H,48,50,52)(H,51,56,59)/t30-,31+,37?/m0/s1. The number of hydrogen-bond donors (Lipinski definition) is 4. The molecule has 5 heterocycles. The van der Waals surface area contributed by atoms with Gasteiger partial charge in [0.05, 0.1) is 11.9 Å². The predicted octanol–water partition coefficient (Wildman–Crippen LogP) is 5.26. The second-order valence-electron chi connectivity index (χ2n) is 16.3. The van der Waals surface area contributed by atoms with Gasteiger partial charge in [0.15, 0.2) is 5.82 Å². The summed E-state index contributed by atoms with van der Waals surface area (Å²) in [5, 5.41) is 12.0. The number of hydrogen-bond acceptors (Lipinski definition) is 10. The van der Waals surface area contributed by atoms with E-state index in [1.807, 2.05) is 0 Å². The van der Waals surface area contributed by atoms with Gasteiger partial charge in [0.1, 0.15) is 17.6 Å². The van der Waals surface area contributed by atoms with Crippen LogP contribution in [0.4, 0.5) is 26.1 Å². The zero-order valence-corrected chi connectivity index (χ0v) is 33.0. The summed E-state index contributed by atoms with van der Waals surface area (Å²) in [6.45, 7) is 4.13. The fourth-order valence-corrected chi connectivity index (χ4v) is 9.09. The third-order valence-electron chi connectivity index (χ3n) is 12.4. The van der Waals surface area contributed by atoms with Crippen molar-refractivity contribution in [3.05, 3.63) is 95.0 Å². The molecule has 3 atom stereocenters. The summed E-state index contributed by atoms with van der Waals surface area (Å²) >= 11 is 0. The first-order chi connectivity index (χ1) is 28.7. The molecule has 4 fully saturated rings. The van der Waals surface area contributed by atoms with Crippen LogP contribution in [0, 0.1) is 23.5 Å². The monoisotopic (exact) mass is 807 g/mol. The van der Waals surface area contributed by atoms with Gasteiger partial charge in [-0.3, -0.25) is 29.1 Å². The van der Waals surface area contributed by atoms with Gasteiger partial charge in [0.25, 0.3) is 5.56 Å². The smallest absolute Gasteiger partial charge is 0.255 e. The minimum Gasteiger partial charge on any atom is -0.374 e. The summed E-state index contributed by atoms with van der Waals surface area (Å²) in [6, 6.07) is 16.8. The number of nitrogens with one attached hydrogen (secondary N) is 4. The van der Waals surface area contributed by atoms with Gasteiger partial charge in [0.2, 0.25) is 23.7 Å². The highest BCUT2D eigenvalue weighted by atomic mass is 19.1. The lowest BCUT2D eigenvalue weighted by atomic mass is 9.85. The quantitative estimate of drug-likeness (QED) is 0.148. The number of rotatable bonds is 11. The molecule has 3 saturated heterocycles. The molecule has 0 bridgehead atoms. The van der Waals surface area contributed by atoms with E-state index in [0.29, 0.717) is 59.9 Å². The predicted molar refractivity (Wildman–Crippen MR) is 221 cm³/mol. The number of nitrogens with zero attached hydrogens (tertiary/aromatic N) is 5. The largest absolute Gasteiger partial charge is 0.374 e. The second-order valence-corrected chi connectivity index (χ2v) is 16.3. The molecule has 2 aromatic carbocycles. The number of anilines is 3. The first-order valence-electron chi connectivity index (χ1n) is 20.9. The topological polar surface area (TPSA) is 154 Å². The van der Waals surface area contributed by atoms with Crippen molar-refractivity contribution in [3.8, 4) is 16.9 Å². The number of likely N-dealkylation sites (tertiary alicyclic amines) is 1. The van der Waals surface area contributed by atoms with E-state index in [4.69, 9.17) is 0 Å². The van der Waals surface area contributed by atoms with Gasteiger partial charge in [-0.25, -0.2) is 18.7 Å². The van der Waals surface area contributed by atoms with Crippen molar-refractivity contribution < 1.29 is 23.2 Å². The molecule has 4 aromatic rings. The van der Waals surface area contributed by atoms with Crippen LogP contribution in [0.2, 0.25) is 0 Å². The van der Waals surface area contributed by atoms with Gasteiger partial charge >= 0.3 is 0 Å². The lowest BCUT2D eigenvalue weighted by Gasteiger charge is -2.42. The summed E-state index contributed by atoms with van der Waals surface area (Å²) in [5.74, 6) is -0.903. The van der Waals surface area contributed by atoms with Crippen molar-refractivity contribution in [2.24, 2.45) is 11.8 Å². The van der Waals surface area contributed by atoms with Gasteiger partial charge in [-0.15, -0.1) is 0 Å². The van der Waals surface area contributed by atoms with E-state index in [1.165, 1.54) is 16.7 Å². The van der Waals surface area contributed by atoms with Gasteiger partial charge in [-0.1, -0.05) is 24.6 Å². The van der Waals surface area contributed by atoms with Crippen molar-refractivity contribution >= 4 is 35.0 Å². The van der Waals surface area contributed by atoms with E-state index in [-0.39, 0.29) is 53.2 Å². The summed E-state index contributed by atoms with van der Waals surface area (Å²) in [7, 11) is 0. The number of amides is 3. The lowest BCUT2D eigenvalue weighted by Crippen LogP contribution is -2.49. The number of pyridine rings is 1. The minimum absolute atomic E-state index is 0.0282. The molecule has 310 valence electrons. The number of carbonyl (C=O) groups is 3. The highest BCUT2D eigenvalue weighted by molar-refractivity contribution is 6.01. The average molecular weight is 808 g/mol. The fourth-order valence-electron chi connectivity index (χ4n) is 9.09. The molecule has 3 aliphatic heterocycles. The zero-order chi connectivity index (χ0) is 40.9. The Morgan fingerprint density at radius 3 is 2.46 bits per heavy atom. The molecule has 1 unspecified atom stereocenters. The van der Waals surface area contributed by atoms with Crippen molar-refractivity contribution in [3.63, 3.8) is 0 Å². The van der Waals surface area contributed by atoms with Gasteiger partial charge in [-0.2, -0.15) is 0 Å². The Morgan fingerprint density at radius 1 is 0.847 bits per heavy atom. The lowest BCUT2D eigenvalue weighted by molar-refractivity contribution is -0.133. The molecule has 1 saturated carbocycles. The SMILES string of the molecule is O=C1CCC(Nc2ccc(N3CCC(N4CCC(CNC(=O)[C@H]5CCC[C@@H](Nc6ncc(F)c(-c7cccc(-n8ccccc8=O)c7)n6)C5)CC4)CC3)c(F)c2)C(=O)N1. The van der Waals surface area contributed by atoms with E-state index in [9.17, 15) is 19.2 Å². The summed E-state index contributed by atoms with van der Waals surface area (Å²) < 4.78 is 31.8. The molecule has 0 radical (unpaired) electrons. The van der Waals surface area contributed by atoms with Crippen molar-refractivity contribution in [2.45, 2.75) is 82.3 Å². The molecule has 4 N–H and O–H groups in total. The van der Waals surface area contributed by atoms with E-state index < -0.39 is 11.9 Å². The Morgan fingerprint density at radius 2 is 1.68 bits per heavy atom. The number of imide groups is 1. The highest BCUT2D eigenvalue weighted by Crippen LogP contribution is 2.31. The van der Waals surface area contributed by atoms with Crippen molar-refractivity contribution in [1.82, 2.24) is 30.1 Å². The Kier molecular flexibility index (Phi) is 12.3. The third-order valence-corrected chi connectivity index (χ3v) is 12.4. The maximum atomic E-state index is 15.2. The molecule has 0 spiro atoms. The van der Waals surface area contributed by atoms with Crippen LogP contribution in [-0.2, 0) is 14.4 Å². The molecular formula is C44H51F2N9O4. The molecule has 1 aliphatic carbocycles. The molecule has 4 aliphatic rings. The summed E-state index contributed by atoms with van der Waals surface area (Å²) in [4.78, 5) is 62.7. The molecule has 13 nitrogen and oxygen atoms in total. The van der Waals surface area contributed by atoms with E-state index in [0.717, 1.165) is 77.3 Å². The van der Waals surface area contributed by atoms with Gasteiger partial charge < -0.3 is 25.8 Å². The van der Waals surface area contributed by atoms with Crippen molar-refractivity contribution in [1.29, 1.82) is 0 Å².